The van der Waals surface area contributed by atoms with Gasteiger partial charge in [0, 0.05) is 14.5 Å². The molecule has 0 spiro atoms. The van der Waals surface area contributed by atoms with Gasteiger partial charge < -0.3 is 5.32 Å². The Balaban J connectivity index is 1.44. The molecular formula is C18H12Br2N4OS3. The molecule has 0 saturated heterocycles. The van der Waals surface area contributed by atoms with Crippen LogP contribution in [0.2, 0.25) is 0 Å². The lowest BCUT2D eigenvalue weighted by atomic mass is 10.2. The van der Waals surface area contributed by atoms with Crippen LogP contribution in [0.3, 0.4) is 0 Å². The minimum absolute atomic E-state index is 0.102. The number of carbonyl (C=O) groups is 1. The van der Waals surface area contributed by atoms with E-state index >= 15 is 0 Å². The molecule has 4 aromatic rings. The number of rotatable bonds is 5. The van der Waals surface area contributed by atoms with Crippen LogP contribution in [0.15, 0.2) is 49.6 Å². The average Bonchev–Trinajstić information content (AvgIpc) is 3.26. The van der Waals surface area contributed by atoms with E-state index in [9.17, 15) is 4.79 Å². The number of fused-ring (bicyclic) bond motifs is 1. The monoisotopic (exact) mass is 554 g/mol. The van der Waals surface area contributed by atoms with Crippen molar-refractivity contribution in [3.8, 4) is 11.3 Å². The Morgan fingerprint density at radius 1 is 1.21 bits per heavy atom. The Bertz CT molecular complexity index is 1170. The highest BCUT2D eigenvalue weighted by Gasteiger charge is 2.16. The summed E-state index contributed by atoms with van der Waals surface area (Å²) < 4.78 is 7.92. The topological polar surface area (TPSA) is 67.8 Å². The van der Waals surface area contributed by atoms with Gasteiger partial charge in [-0.3, -0.25) is 4.79 Å². The van der Waals surface area contributed by atoms with E-state index < -0.39 is 0 Å². The van der Waals surface area contributed by atoms with E-state index in [1.54, 1.807) is 0 Å². The first-order valence-electron chi connectivity index (χ1n) is 8.07. The number of anilines is 1. The Kier molecular flexibility index (Phi) is 6.12. The van der Waals surface area contributed by atoms with Crippen LogP contribution in [0.1, 0.15) is 5.56 Å². The maximum atomic E-state index is 12.4. The second-order valence-electron chi connectivity index (χ2n) is 5.86. The quantitative estimate of drug-likeness (QED) is 0.289. The summed E-state index contributed by atoms with van der Waals surface area (Å²) in [5, 5.41) is 7.74. The maximum Gasteiger partial charge on any atom is 0.236 e. The average molecular weight is 556 g/mol. The van der Waals surface area contributed by atoms with E-state index in [-0.39, 0.29) is 11.7 Å². The molecule has 2 aromatic carbocycles. The third-order valence-corrected chi connectivity index (χ3v) is 7.83. The van der Waals surface area contributed by atoms with Gasteiger partial charge in [-0.1, -0.05) is 59.8 Å². The van der Waals surface area contributed by atoms with Crippen molar-refractivity contribution in [1.82, 2.24) is 14.6 Å². The number of nitrogens with zero attached hydrogens (tertiary/aromatic N) is 3. The second-order valence-corrected chi connectivity index (χ2v) is 10.7. The van der Waals surface area contributed by atoms with Crippen LogP contribution in [0.25, 0.3) is 21.5 Å². The Morgan fingerprint density at radius 3 is 2.89 bits per heavy atom. The molecule has 0 unspecified atom stereocenters. The lowest BCUT2D eigenvalue weighted by molar-refractivity contribution is -0.113. The number of hydrogen-bond acceptors (Lipinski definition) is 7. The molecule has 0 aliphatic carbocycles. The highest BCUT2D eigenvalue weighted by molar-refractivity contribution is 9.11. The molecule has 10 heteroatoms. The number of thioether (sulfide) groups is 1. The van der Waals surface area contributed by atoms with Crippen LogP contribution in [0, 0.1) is 6.92 Å². The lowest BCUT2D eigenvalue weighted by Crippen LogP contribution is -2.13. The fourth-order valence-corrected chi connectivity index (χ4v) is 6.14. The minimum atomic E-state index is -0.102. The number of aryl methyl sites for hydroxylation is 1. The predicted molar refractivity (Wildman–Crippen MR) is 124 cm³/mol. The highest BCUT2D eigenvalue weighted by atomic mass is 79.9. The van der Waals surface area contributed by atoms with Crippen LogP contribution in [0.5, 0.6) is 0 Å². The molecule has 1 amide bonds. The summed E-state index contributed by atoms with van der Waals surface area (Å²) >= 11 is 11.2. The minimum Gasteiger partial charge on any atom is -0.301 e. The van der Waals surface area contributed by atoms with Gasteiger partial charge in [0.15, 0.2) is 5.13 Å². The van der Waals surface area contributed by atoms with E-state index in [1.807, 2.05) is 43.3 Å². The Morgan fingerprint density at radius 2 is 2.07 bits per heavy atom. The SMILES string of the molecule is Cc1ccc2sc(NC(=O)CSc3snnc3-c3ccc(Br)cc3Br)nc2c1. The maximum absolute atomic E-state index is 12.4. The summed E-state index contributed by atoms with van der Waals surface area (Å²) in [5.74, 6) is 0.162. The van der Waals surface area contributed by atoms with Gasteiger partial charge in [-0.05, 0) is 48.3 Å². The van der Waals surface area contributed by atoms with Gasteiger partial charge in [0.2, 0.25) is 5.91 Å². The molecule has 0 atom stereocenters. The van der Waals surface area contributed by atoms with Gasteiger partial charge in [-0.25, -0.2) is 4.98 Å². The van der Waals surface area contributed by atoms with Crippen molar-refractivity contribution in [1.29, 1.82) is 0 Å². The van der Waals surface area contributed by atoms with Gasteiger partial charge in [-0.15, -0.1) is 16.9 Å². The summed E-state index contributed by atoms with van der Waals surface area (Å²) in [5.41, 5.74) is 3.77. The molecule has 0 aliphatic rings. The number of amides is 1. The molecule has 0 saturated carbocycles. The van der Waals surface area contributed by atoms with Gasteiger partial charge in [-0.2, -0.15) is 0 Å². The standard InChI is InChI=1S/C18H12Br2N4OS3/c1-9-2-5-14-13(6-9)21-18(27-14)22-15(25)8-26-17-16(23-24-28-17)11-4-3-10(19)7-12(11)20/h2-7H,8H2,1H3,(H,21,22,25). The Hall–Kier alpha value is -1.33. The second kappa shape index (κ2) is 8.58. The molecule has 5 nitrogen and oxygen atoms in total. The number of hydrogen-bond donors (Lipinski definition) is 1. The summed E-state index contributed by atoms with van der Waals surface area (Å²) in [6, 6.07) is 12.0. The summed E-state index contributed by atoms with van der Waals surface area (Å²) in [7, 11) is 0. The zero-order valence-corrected chi connectivity index (χ0v) is 20.0. The van der Waals surface area contributed by atoms with E-state index in [4.69, 9.17) is 0 Å². The predicted octanol–water partition coefficient (Wildman–Crippen LogP) is 6.38. The lowest BCUT2D eigenvalue weighted by Gasteiger charge is -2.04. The third kappa shape index (κ3) is 4.46. The first-order chi connectivity index (χ1) is 13.5. The van der Waals surface area contributed by atoms with Gasteiger partial charge in [0.05, 0.1) is 16.0 Å². The van der Waals surface area contributed by atoms with Gasteiger partial charge in [0.1, 0.15) is 9.90 Å². The zero-order valence-electron chi connectivity index (χ0n) is 14.4. The van der Waals surface area contributed by atoms with Crippen molar-refractivity contribution in [2.45, 2.75) is 11.1 Å². The van der Waals surface area contributed by atoms with Crippen molar-refractivity contribution < 1.29 is 4.79 Å². The Labute approximate surface area is 190 Å². The van der Waals surface area contributed by atoms with Crippen LogP contribution >= 0.6 is 66.5 Å². The number of halogens is 2. The molecule has 0 bridgehead atoms. The van der Waals surface area contributed by atoms with Gasteiger partial charge in [0.25, 0.3) is 0 Å². The molecule has 2 heterocycles. The largest absolute Gasteiger partial charge is 0.301 e. The van der Waals surface area contributed by atoms with Crippen LogP contribution in [-0.2, 0) is 4.79 Å². The van der Waals surface area contributed by atoms with E-state index in [0.717, 1.165) is 40.2 Å². The van der Waals surface area contributed by atoms with Crippen LogP contribution in [0.4, 0.5) is 5.13 Å². The van der Waals surface area contributed by atoms with Crippen molar-refractivity contribution >= 4 is 87.7 Å². The number of benzene rings is 2. The molecule has 4 rings (SSSR count). The summed E-state index contributed by atoms with van der Waals surface area (Å²) in [6.45, 7) is 2.03. The van der Waals surface area contributed by atoms with Crippen LogP contribution in [-0.4, -0.2) is 26.2 Å². The fraction of sp³-hybridized carbons (Fsp3) is 0.111. The normalized spacial score (nSPS) is 11.1. The molecule has 0 fully saturated rings. The fourth-order valence-electron chi connectivity index (χ4n) is 2.50. The van der Waals surface area contributed by atoms with E-state index in [0.29, 0.717) is 5.13 Å². The molecule has 1 N–H and O–H groups in total. The molecule has 0 aliphatic heterocycles. The van der Waals surface area contributed by atoms with E-state index in [2.05, 4.69) is 51.7 Å². The number of carbonyl (C=O) groups excluding carboxylic acids is 1. The number of thiazole rings is 1. The molecule has 0 radical (unpaired) electrons. The molecule has 142 valence electrons. The summed E-state index contributed by atoms with van der Waals surface area (Å²) in [6.07, 6.45) is 0. The van der Waals surface area contributed by atoms with E-state index in [1.165, 1.54) is 34.6 Å². The van der Waals surface area contributed by atoms with Gasteiger partial charge >= 0.3 is 0 Å². The molecule has 28 heavy (non-hydrogen) atoms. The first-order valence-corrected chi connectivity index (χ1v) is 12.2. The highest BCUT2D eigenvalue weighted by Crippen LogP contribution is 2.37. The molecular weight excluding hydrogens is 544 g/mol. The zero-order chi connectivity index (χ0) is 19.7. The van der Waals surface area contributed by atoms with Crippen LogP contribution < -0.4 is 5.32 Å². The first kappa shape index (κ1) is 20.0. The number of aromatic nitrogens is 3. The van der Waals surface area contributed by atoms with Crippen molar-refractivity contribution in [2.24, 2.45) is 0 Å². The summed E-state index contributed by atoms with van der Waals surface area (Å²) in [4.78, 5) is 16.9. The van der Waals surface area contributed by atoms with Crippen molar-refractivity contribution in [2.75, 3.05) is 11.1 Å². The van der Waals surface area contributed by atoms with Crippen molar-refractivity contribution in [3.05, 3.63) is 50.9 Å². The van der Waals surface area contributed by atoms with Crippen molar-refractivity contribution in [3.63, 3.8) is 0 Å². The third-order valence-electron chi connectivity index (χ3n) is 3.77. The molecule has 2 aromatic heterocycles. The number of nitrogens with one attached hydrogen (secondary N) is 1. The smallest absolute Gasteiger partial charge is 0.236 e.